The lowest BCUT2D eigenvalue weighted by molar-refractivity contribution is -0.114. The van der Waals surface area contributed by atoms with Crippen molar-refractivity contribution in [2.45, 2.75) is 97.3 Å². The molecule has 0 radical (unpaired) electrons. The summed E-state index contributed by atoms with van der Waals surface area (Å²) in [6.07, 6.45) is 17.8. The molecule has 1 aromatic rings. The summed E-state index contributed by atoms with van der Waals surface area (Å²) in [5, 5.41) is 2.72. The van der Waals surface area contributed by atoms with Gasteiger partial charge in [-0.3, -0.25) is 4.79 Å². The van der Waals surface area contributed by atoms with E-state index in [1.165, 1.54) is 84.0 Å². The summed E-state index contributed by atoms with van der Waals surface area (Å²) < 4.78 is 61.0. The number of anilines is 1. The van der Waals surface area contributed by atoms with Gasteiger partial charge >= 0.3 is 0 Å². The van der Waals surface area contributed by atoms with Crippen molar-refractivity contribution >= 4 is 11.6 Å². The van der Waals surface area contributed by atoms with Crippen molar-refractivity contribution in [3.05, 3.63) is 24.3 Å². The monoisotopic (exact) mass is 802 g/mol. The van der Waals surface area contributed by atoms with Crippen molar-refractivity contribution in [3.8, 4) is 5.75 Å². The second kappa shape index (κ2) is 44.2. The predicted octanol–water partition coefficient (Wildman–Crippen LogP) is 7.28. The Kier molecular flexibility index (Phi) is 41.1. The van der Waals surface area contributed by atoms with Gasteiger partial charge in [-0.25, -0.2) is 0 Å². The fraction of sp³-hybridized carbons (Fsp3) is 0.837. The van der Waals surface area contributed by atoms with Crippen LogP contribution in [0.2, 0.25) is 0 Å². The summed E-state index contributed by atoms with van der Waals surface area (Å²) in [6, 6.07) is 7.19. The summed E-state index contributed by atoms with van der Waals surface area (Å²) in [7, 11) is 0. The Morgan fingerprint density at radius 2 is 0.643 bits per heavy atom. The van der Waals surface area contributed by atoms with Crippen LogP contribution in [-0.2, 0) is 52.2 Å². The minimum atomic E-state index is -0.106. The first-order valence-corrected chi connectivity index (χ1v) is 21.5. The maximum absolute atomic E-state index is 11.1. The highest BCUT2D eigenvalue weighted by Gasteiger charge is 2.00. The Morgan fingerprint density at radius 1 is 0.375 bits per heavy atom. The Morgan fingerprint density at radius 3 is 0.946 bits per heavy atom. The highest BCUT2D eigenvalue weighted by molar-refractivity contribution is 5.88. The lowest BCUT2D eigenvalue weighted by Gasteiger charge is -2.09. The van der Waals surface area contributed by atoms with Crippen LogP contribution in [0.3, 0.4) is 0 Å². The van der Waals surface area contributed by atoms with E-state index < -0.39 is 0 Å². The molecule has 1 N–H and O–H groups in total. The van der Waals surface area contributed by atoms with Gasteiger partial charge in [0.05, 0.1) is 126 Å². The Labute approximate surface area is 339 Å². The third-order valence-electron chi connectivity index (χ3n) is 8.41. The standard InChI is InChI=1S/C43H79NO12/c1-3-4-5-6-7-8-9-10-11-12-13-14-15-20-46-21-22-47-23-24-48-25-26-49-27-28-50-29-30-51-31-32-52-33-34-53-35-36-54-37-38-55-39-40-56-43-18-16-42(17-19-43)44-41(2)45/h16-19H,3-15,20-40H2,1-2H3,(H,44,45). The van der Waals surface area contributed by atoms with Crippen molar-refractivity contribution in [1.82, 2.24) is 0 Å². The van der Waals surface area contributed by atoms with Crippen molar-refractivity contribution < 1.29 is 56.9 Å². The van der Waals surface area contributed by atoms with Crippen LogP contribution in [0.1, 0.15) is 97.3 Å². The maximum atomic E-state index is 11.1. The Balaban J connectivity index is 1.63. The lowest BCUT2D eigenvalue weighted by atomic mass is 10.0. The number of hydrogen-bond acceptors (Lipinski definition) is 12. The number of carbonyl (C=O) groups is 1. The maximum Gasteiger partial charge on any atom is 0.221 e. The molecule has 1 rings (SSSR count). The van der Waals surface area contributed by atoms with Gasteiger partial charge in [0, 0.05) is 19.2 Å². The van der Waals surface area contributed by atoms with Gasteiger partial charge < -0.3 is 57.4 Å². The summed E-state index contributed by atoms with van der Waals surface area (Å²) in [6.45, 7) is 15.0. The molecule has 1 aromatic carbocycles. The highest BCUT2D eigenvalue weighted by Crippen LogP contribution is 2.15. The van der Waals surface area contributed by atoms with Crippen molar-refractivity contribution in [1.29, 1.82) is 0 Å². The van der Waals surface area contributed by atoms with Gasteiger partial charge in [0.1, 0.15) is 12.4 Å². The van der Waals surface area contributed by atoms with Crippen molar-refractivity contribution in [2.75, 3.05) is 144 Å². The number of ether oxygens (including phenoxy) is 11. The minimum Gasteiger partial charge on any atom is -0.491 e. The van der Waals surface area contributed by atoms with Gasteiger partial charge in [0.25, 0.3) is 0 Å². The van der Waals surface area contributed by atoms with Gasteiger partial charge in [0.2, 0.25) is 5.91 Å². The van der Waals surface area contributed by atoms with Crippen molar-refractivity contribution in [3.63, 3.8) is 0 Å². The molecule has 0 bridgehead atoms. The lowest BCUT2D eigenvalue weighted by Crippen LogP contribution is -2.15. The smallest absolute Gasteiger partial charge is 0.221 e. The van der Waals surface area contributed by atoms with Crippen LogP contribution in [0, 0.1) is 0 Å². The van der Waals surface area contributed by atoms with E-state index >= 15 is 0 Å². The second-order valence-electron chi connectivity index (χ2n) is 13.4. The van der Waals surface area contributed by atoms with Gasteiger partial charge in [-0.15, -0.1) is 0 Å². The van der Waals surface area contributed by atoms with E-state index in [0.717, 1.165) is 24.5 Å². The summed E-state index contributed by atoms with van der Waals surface area (Å²) in [5.74, 6) is 0.614. The molecule has 0 atom stereocenters. The Bertz CT molecular complexity index is 927. The fourth-order valence-electron chi connectivity index (χ4n) is 5.36. The van der Waals surface area contributed by atoms with Crippen LogP contribution in [0.25, 0.3) is 0 Å². The average molecular weight is 802 g/mol. The fourth-order valence-corrected chi connectivity index (χ4v) is 5.36. The largest absolute Gasteiger partial charge is 0.491 e. The van der Waals surface area contributed by atoms with Crippen LogP contribution in [0.4, 0.5) is 5.69 Å². The van der Waals surface area contributed by atoms with Gasteiger partial charge in [-0.1, -0.05) is 84.0 Å². The number of unbranched alkanes of at least 4 members (excludes halogenated alkanes) is 12. The predicted molar refractivity (Wildman–Crippen MR) is 220 cm³/mol. The number of carbonyl (C=O) groups excluding carboxylic acids is 1. The SMILES string of the molecule is CCCCCCCCCCCCCCCOCCOCCOCCOCCOCCOCCOCCOCCOCCOCCOc1ccc(NC(C)=O)cc1. The van der Waals surface area contributed by atoms with Gasteiger partial charge in [-0.05, 0) is 30.7 Å². The van der Waals surface area contributed by atoms with E-state index in [-0.39, 0.29) is 5.91 Å². The molecule has 0 fully saturated rings. The second-order valence-corrected chi connectivity index (χ2v) is 13.4. The molecule has 56 heavy (non-hydrogen) atoms. The normalized spacial score (nSPS) is 11.4. The van der Waals surface area contributed by atoms with E-state index in [1.54, 1.807) is 24.3 Å². The average Bonchev–Trinajstić information content (AvgIpc) is 3.20. The third-order valence-corrected chi connectivity index (χ3v) is 8.41. The van der Waals surface area contributed by atoms with Gasteiger partial charge in [0.15, 0.2) is 0 Å². The van der Waals surface area contributed by atoms with Crippen LogP contribution in [0.5, 0.6) is 5.75 Å². The molecule has 0 spiro atoms. The first-order chi connectivity index (χ1) is 27.7. The number of hydrogen-bond donors (Lipinski definition) is 1. The topological polar surface area (TPSA) is 131 Å². The molecule has 328 valence electrons. The minimum absolute atomic E-state index is 0.106. The molecule has 0 aliphatic heterocycles. The number of amides is 1. The zero-order valence-electron chi connectivity index (χ0n) is 35.3. The first-order valence-electron chi connectivity index (χ1n) is 21.5. The van der Waals surface area contributed by atoms with E-state index in [9.17, 15) is 4.79 Å². The molecule has 0 unspecified atom stereocenters. The van der Waals surface area contributed by atoms with E-state index in [4.69, 9.17) is 52.1 Å². The molecule has 0 saturated heterocycles. The molecule has 13 heteroatoms. The van der Waals surface area contributed by atoms with Crippen LogP contribution >= 0.6 is 0 Å². The molecular formula is C43H79NO12. The summed E-state index contributed by atoms with van der Waals surface area (Å²) >= 11 is 0. The molecule has 0 aromatic heterocycles. The highest BCUT2D eigenvalue weighted by atomic mass is 16.6. The molecule has 13 nitrogen and oxygen atoms in total. The van der Waals surface area contributed by atoms with Crippen molar-refractivity contribution in [2.24, 2.45) is 0 Å². The summed E-state index contributed by atoms with van der Waals surface area (Å²) in [5.41, 5.74) is 0.734. The molecule has 0 aliphatic carbocycles. The molecular weight excluding hydrogens is 722 g/mol. The van der Waals surface area contributed by atoms with E-state index in [1.807, 2.05) is 0 Å². The third kappa shape index (κ3) is 40.3. The molecule has 1 amide bonds. The molecule has 0 saturated carbocycles. The summed E-state index contributed by atoms with van der Waals surface area (Å²) in [4.78, 5) is 11.1. The molecule has 0 heterocycles. The Hall–Kier alpha value is -1.91. The number of benzene rings is 1. The zero-order valence-corrected chi connectivity index (χ0v) is 35.3. The zero-order chi connectivity index (χ0) is 40.1. The van der Waals surface area contributed by atoms with Crippen LogP contribution in [0.15, 0.2) is 24.3 Å². The van der Waals surface area contributed by atoms with Crippen LogP contribution < -0.4 is 10.1 Å². The quantitative estimate of drug-likeness (QED) is 0.0665. The van der Waals surface area contributed by atoms with Gasteiger partial charge in [-0.2, -0.15) is 0 Å². The van der Waals surface area contributed by atoms with Crippen LogP contribution in [-0.4, -0.2) is 145 Å². The molecule has 0 aliphatic rings. The number of nitrogens with one attached hydrogen (secondary N) is 1. The first kappa shape index (κ1) is 52.1. The number of rotatable bonds is 46. The van der Waals surface area contributed by atoms with E-state index in [0.29, 0.717) is 132 Å². The van der Waals surface area contributed by atoms with E-state index in [2.05, 4.69) is 12.2 Å².